The second kappa shape index (κ2) is 8.16. The van der Waals surface area contributed by atoms with Crippen LogP contribution >= 0.6 is 0 Å². The Morgan fingerprint density at radius 3 is 2.12 bits per heavy atom. The highest BCUT2D eigenvalue weighted by Gasteiger charge is 2.47. The summed E-state index contributed by atoms with van der Waals surface area (Å²) in [5.74, 6) is -6.08. The number of Topliss-reactive ketones (excluding diaryl/α,β-unsaturated/α-hetero) is 1. The number of phenolic OH excluding ortho intramolecular Hbond substituents is 4. The van der Waals surface area contributed by atoms with Gasteiger partial charge < -0.3 is 55.1 Å². The molecule has 4 rings (SSSR count). The van der Waals surface area contributed by atoms with E-state index in [-0.39, 0.29) is 5.56 Å². The van der Waals surface area contributed by atoms with Crippen LogP contribution in [0.4, 0.5) is 0 Å². The number of aliphatic hydroxyl groups is 4. The van der Waals surface area contributed by atoms with E-state index in [1.54, 1.807) is 0 Å². The van der Waals surface area contributed by atoms with Crippen LogP contribution in [-0.2, 0) is 4.74 Å². The van der Waals surface area contributed by atoms with Crippen molar-refractivity contribution in [2.45, 2.75) is 30.7 Å². The monoisotopic (exact) mass is 478 g/mol. The van der Waals surface area contributed by atoms with Gasteiger partial charge in [-0.05, 0) is 18.2 Å². The number of phenols is 4. The average molecular weight is 478 g/mol. The Bertz CT molecular complexity index is 1360. The summed E-state index contributed by atoms with van der Waals surface area (Å²) < 4.78 is 10.2. The molecule has 34 heavy (non-hydrogen) atoms. The Balaban J connectivity index is 1.87. The van der Waals surface area contributed by atoms with Crippen LogP contribution in [0.15, 0.2) is 33.5 Å². The van der Waals surface area contributed by atoms with Gasteiger partial charge in [-0.1, -0.05) is 0 Å². The van der Waals surface area contributed by atoms with Gasteiger partial charge in [0.05, 0.1) is 0 Å². The predicted octanol–water partition coefficient (Wildman–Crippen LogP) is -1.03. The van der Waals surface area contributed by atoms with Crippen molar-refractivity contribution in [3.63, 3.8) is 0 Å². The molecule has 9 N–H and O–H groups in total. The van der Waals surface area contributed by atoms with Crippen LogP contribution in [0.2, 0.25) is 0 Å². The molecular weight excluding hydrogens is 460 g/mol. The molecule has 0 aliphatic carbocycles. The fraction of sp³-hybridized carbons (Fsp3) is 0.238. The van der Waals surface area contributed by atoms with E-state index < -0.39 is 93.0 Å². The molecule has 2 heterocycles. The van der Waals surface area contributed by atoms with Gasteiger partial charge in [-0.2, -0.15) is 0 Å². The molecule has 3 aromatic rings. The second-order valence-corrected chi connectivity index (χ2v) is 7.59. The summed E-state index contributed by atoms with van der Waals surface area (Å²) in [7, 11) is 0. The van der Waals surface area contributed by atoms with Crippen LogP contribution in [0.1, 0.15) is 10.4 Å². The molecule has 5 atom stereocenters. The van der Waals surface area contributed by atoms with Gasteiger partial charge in [-0.15, -0.1) is 0 Å². The maximum atomic E-state index is 12.9. The molecule has 13 nitrogen and oxygen atoms in total. The molecule has 5 unspecified atom stereocenters. The zero-order valence-corrected chi connectivity index (χ0v) is 16.9. The maximum absolute atomic E-state index is 12.9. The molecule has 0 saturated carbocycles. The lowest BCUT2D eigenvalue weighted by Crippen LogP contribution is -2.59. The standard InChI is InChI=1S/C21H18O13/c22-6-2-1-5(3-7(6)23)19-16(29)13(26)11-9(33-19)4-8(24)10(12(11)25)14(27)20-17(30)15(28)18(31)21(32)34-20/h1-4,15,17-18,20-25,28-32H. The van der Waals surface area contributed by atoms with Crippen LogP contribution in [0.25, 0.3) is 22.3 Å². The van der Waals surface area contributed by atoms with Gasteiger partial charge in [0.25, 0.3) is 0 Å². The molecule has 2 aromatic carbocycles. The summed E-state index contributed by atoms with van der Waals surface area (Å²) >= 11 is 0. The minimum atomic E-state index is -2.09. The smallest absolute Gasteiger partial charge is 0.238 e. The van der Waals surface area contributed by atoms with E-state index in [2.05, 4.69) is 0 Å². The number of benzene rings is 2. The first-order valence-corrected chi connectivity index (χ1v) is 9.63. The number of carbonyl (C=O) groups excluding carboxylic acids is 1. The van der Waals surface area contributed by atoms with Gasteiger partial charge in [0.15, 0.2) is 29.7 Å². The van der Waals surface area contributed by atoms with Crippen molar-refractivity contribution in [2.75, 3.05) is 0 Å². The van der Waals surface area contributed by atoms with E-state index in [9.17, 15) is 55.5 Å². The fourth-order valence-corrected chi connectivity index (χ4v) is 3.63. The van der Waals surface area contributed by atoms with E-state index >= 15 is 0 Å². The van der Waals surface area contributed by atoms with Crippen molar-refractivity contribution in [1.29, 1.82) is 0 Å². The van der Waals surface area contributed by atoms with E-state index in [1.807, 2.05) is 0 Å². The third-order valence-electron chi connectivity index (χ3n) is 5.44. The summed E-state index contributed by atoms with van der Waals surface area (Å²) in [6.07, 6.45) is -10.2. The zero-order valence-electron chi connectivity index (χ0n) is 16.9. The number of carbonyl (C=O) groups is 1. The van der Waals surface area contributed by atoms with Gasteiger partial charge in [0.1, 0.15) is 46.3 Å². The molecule has 1 aliphatic rings. The Kier molecular flexibility index (Phi) is 5.59. The van der Waals surface area contributed by atoms with Crippen molar-refractivity contribution in [3.05, 3.63) is 40.1 Å². The Morgan fingerprint density at radius 1 is 0.794 bits per heavy atom. The van der Waals surface area contributed by atoms with Crippen LogP contribution in [0.5, 0.6) is 28.7 Å². The van der Waals surface area contributed by atoms with Crippen LogP contribution < -0.4 is 5.43 Å². The molecule has 0 radical (unpaired) electrons. The number of hydrogen-bond acceptors (Lipinski definition) is 13. The number of fused-ring (bicyclic) bond motifs is 1. The molecule has 1 aliphatic heterocycles. The molecule has 0 spiro atoms. The summed E-state index contributed by atoms with van der Waals surface area (Å²) in [4.78, 5) is 25.7. The first kappa shape index (κ1) is 23.3. The van der Waals surface area contributed by atoms with Gasteiger partial charge in [0, 0.05) is 11.6 Å². The Morgan fingerprint density at radius 2 is 1.47 bits per heavy atom. The molecule has 0 bridgehead atoms. The molecule has 1 fully saturated rings. The van der Waals surface area contributed by atoms with Gasteiger partial charge in [-0.3, -0.25) is 9.59 Å². The van der Waals surface area contributed by atoms with E-state index in [0.29, 0.717) is 0 Å². The number of ketones is 1. The minimum absolute atomic E-state index is 0.0498. The lowest BCUT2D eigenvalue weighted by Gasteiger charge is -2.37. The molecule has 1 aromatic heterocycles. The largest absolute Gasteiger partial charge is 0.507 e. The summed E-state index contributed by atoms with van der Waals surface area (Å²) in [5.41, 5.74) is -2.73. The van der Waals surface area contributed by atoms with Crippen molar-refractivity contribution < 1.29 is 59.9 Å². The van der Waals surface area contributed by atoms with E-state index in [4.69, 9.17) is 9.15 Å². The molecule has 13 heteroatoms. The summed E-state index contributed by atoms with van der Waals surface area (Å²) in [6, 6.07) is 3.98. The van der Waals surface area contributed by atoms with Crippen molar-refractivity contribution in [3.8, 4) is 40.1 Å². The summed E-state index contributed by atoms with van der Waals surface area (Å²) in [5, 5.41) is 88.8. The van der Waals surface area contributed by atoms with E-state index in [0.717, 1.165) is 18.2 Å². The third kappa shape index (κ3) is 3.48. The minimum Gasteiger partial charge on any atom is -0.507 e. The fourth-order valence-electron chi connectivity index (χ4n) is 3.63. The highest BCUT2D eigenvalue weighted by atomic mass is 16.6. The first-order chi connectivity index (χ1) is 15.9. The molecular formula is C21H18O13. The Hall–Kier alpha value is -3.88. The zero-order chi connectivity index (χ0) is 25.1. The average Bonchev–Trinajstić information content (AvgIpc) is 2.78. The third-order valence-corrected chi connectivity index (χ3v) is 5.44. The summed E-state index contributed by atoms with van der Waals surface area (Å²) in [6.45, 7) is 0. The van der Waals surface area contributed by atoms with Gasteiger partial charge in [-0.25, -0.2) is 0 Å². The maximum Gasteiger partial charge on any atom is 0.238 e. The second-order valence-electron chi connectivity index (χ2n) is 7.59. The lowest BCUT2D eigenvalue weighted by atomic mass is 9.91. The van der Waals surface area contributed by atoms with E-state index in [1.165, 1.54) is 6.07 Å². The van der Waals surface area contributed by atoms with Crippen LogP contribution in [0.3, 0.4) is 0 Å². The highest BCUT2D eigenvalue weighted by molar-refractivity contribution is 6.09. The topological polar surface area (TPSA) is 239 Å². The number of aliphatic hydroxyl groups excluding tert-OH is 4. The van der Waals surface area contributed by atoms with Crippen LogP contribution in [0, 0.1) is 0 Å². The number of hydrogen-bond donors (Lipinski definition) is 9. The lowest BCUT2D eigenvalue weighted by molar-refractivity contribution is -0.269. The molecule has 1 saturated heterocycles. The number of rotatable bonds is 3. The van der Waals surface area contributed by atoms with Crippen LogP contribution in [-0.4, -0.2) is 82.4 Å². The molecule has 0 amide bonds. The highest BCUT2D eigenvalue weighted by Crippen LogP contribution is 2.41. The normalized spacial score (nSPS) is 24.9. The van der Waals surface area contributed by atoms with Gasteiger partial charge >= 0.3 is 0 Å². The molecule has 180 valence electrons. The van der Waals surface area contributed by atoms with Crippen molar-refractivity contribution in [2.24, 2.45) is 0 Å². The number of ether oxygens (including phenoxy) is 1. The van der Waals surface area contributed by atoms with Crippen molar-refractivity contribution in [1.82, 2.24) is 0 Å². The predicted molar refractivity (Wildman–Crippen MR) is 109 cm³/mol. The number of aromatic hydroxyl groups is 5. The van der Waals surface area contributed by atoms with Crippen molar-refractivity contribution >= 4 is 16.8 Å². The Labute approximate surface area is 188 Å². The quantitative estimate of drug-likeness (QED) is 0.162. The first-order valence-electron chi connectivity index (χ1n) is 9.63. The SMILES string of the molecule is O=C(c1c(O)cc2oc(-c3ccc(O)c(O)c3)c(O)c(=O)c2c1O)C1OC(O)C(O)C(O)C1O. The van der Waals surface area contributed by atoms with Gasteiger partial charge in [0.2, 0.25) is 17.0 Å².